The molecule has 1 unspecified atom stereocenters. The van der Waals surface area contributed by atoms with Crippen LogP contribution in [0.15, 0.2) is 66.9 Å². The molecule has 35 heavy (non-hydrogen) atoms. The van der Waals surface area contributed by atoms with Crippen LogP contribution in [0.5, 0.6) is 11.5 Å². The van der Waals surface area contributed by atoms with E-state index >= 15 is 0 Å². The van der Waals surface area contributed by atoms with E-state index in [0.717, 1.165) is 36.0 Å². The topological polar surface area (TPSA) is 54.6 Å². The highest BCUT2D eigenvalue weighted by molar-refractivity contribution is 5.88. The molecule has 1 aliphatic rings. The Kier molecular flexibility index (Phi) is 6.49. The van der Waals surface area contributed by atoms with Gasteiger partial charge in [0.2, 0.25) is 5.91 Å². The molecule has 0 spiro atoms. The molecule has 2 heterocycles. The molecule has 3 aromatic carbocycles. The number of carbonyl (C=O) groups is 1. The molecule has 1 aliphatic heterocycles. The third kappa shape index (κ3) is 4.39. The molecule has 0 fully saturated rings. The number of nitrogens with one attached hydrogen (secondary N) is 1. The fraction of sp³-hybridized carbons (Fsp3) is 0.300. The summed E-state index contributed by atoms with van der Waals surface area (Å²) in [4.78, 5) is 19.2. The minimum atomic E-state index is -0.111. The smallest absolute Gasteiger partial charge is 0.223 e. The van der Waals surface area contributed by atoms with Gasteiger partial charge in [0.25, 0.3) is 0 Å². The van der Waals surface area contributed by atoms with Crippen molar-refractivity contribution in [1.82, 2.24) is 9.88 Å². The van der Waals surface area contributed by atoms with Crippen LogP contribution in [-0.4, -0.2) is 36.6 Å². The molecule has 0 radical (unpaired) electrons. The first-order valence-electron chi connectivity index (χ1n) is 12.3. The van der Waals surface area contributed by atoms with Crippen LogP contribution in [0.2, 0.25) is 0 Å². The summed E-state index contributed by atoms with van der Waals surface area (Å²) in [6.45, 7) is 3.59. The van der Waals surface area contributed by atoms with E-state index in [1.165, 1.54) is 22.1 Å². The number of methoxy groups -OCH3 is 2. The molecule has 4 aromatic rings. The van der Waals surface area contributed by atoms with Gasteiger partial charge in [-0.25, -0.2) is 0 Å². The summed E-state index contributed by atoms with van der Waals surface area (Å²) in [7, 11) is 3.28. The molecule has 5 rings (SSSR count). The number of carbonyl (C=O) groups excluding carboxylic acids is 1. The highest BCUT2D eigenvalue weighted by Crippen LogP contribution is 2.39. The number of rotatable bonds is 7. The van der Waals surface area contributed by atoms with Gasteiger partial charge in [-0.15, -0.1) is 0 Å². The number of aromatic nitrogens is 1. The van der Waals surface area contributed by atoms with Crippen LogP contribution in [0.4, 0.5) is 0 Å². The largest absolute Gasteiger partial charge is 0.493 e. The Bertz CT molecular complexity index is 1360. The predicted molar refractivity (Wildman–Crippen MR) is 139 cm³/mol. The molecule has 180 valence electrons. The van der Waals surface area contributed by atoms with Gasteiger partial charge < -0.3 is 19.4 Å². The van der Waals surface area contributed by atoms with E-state index in [1.807, 2.05) is 23.1 Å². The quantitative estimate of drug-likeness (QED) is 0.370. The minimum absolute atomic E-state index is 0.111. The van der Waals surface area contributed by atoms with Crippen LogP contribution in [-0.2, 0) is 24.2 Å². The summed E-state index contributed by atoms with van der Waals surface area (Å²) in [5.41, 5.74) is 7.18. The fourth-order valence-electron chi connectivity index (χ4n) is 5.31. The lowest BCUT2D eigenvalue weighted by Crippen LogP contribution is -2.36. The van der Waals surface area contributed by atoms with Crippen LogP contribution >= 0.6 is 0 Å². The van der Waals surface area contributed by atoms with Crippen molar-refractivity contribution in [3.05, 3.63) is 94.7 Å². The lowest BCUT2D eigenvalue weighted by molar-refractivity contribution is -0.132. The molecular formula is C30H32N2O3. The zero-order valence-corrected chi connectivity index (χ0v) is 20.6. The number of hydrogen-bond acceptors (Lipinski definition) is 3. The number of benzene rings is 3. The van der Waals surface area contributed by atoms with Crippen LogP contribution < -0.4 is 9.47 Å². The summed E-state index contributed by atoms with van der Waals surface area (Å²) in [5.74, 6) is 1.41. The van der Waals surface area contributed by atoms with Crippen LogP contribution in [0, 0.1) is 0 Å². The molecule has 0 saturated carbocycles. The molecular weight excluding hydrogens is 436 g/mol. The Balaban J connectivity index is 1.53. The summed E-state index contributed by atoms with van der Waals surface area (Å²) in [6.07, 6.45) is 4.31. The zero-order chi connectivity index (χ0) is 24.4. The average molecular weight is 469 g/mol. The number of amides is 1. The van der Waals surface area contributed by atoms with Gasteiger partial charge in [-0.1, -0.05) is 55.5 Å². The lowest BCUT2D eigenvalue weighted by atomic mass is 9.87. The Morgan fingerprint density at radius 2 is 1.80 bits per heavy atom. The third-order valence-electron chi connectivity index (χ3n) is 7.26. The summed E-state index contributed by atoms with van der Waals surface area (Å²) in [6, 6.07) is 20.8. The highest BCUT2D eigenvalue weighted by atomic mass is 16.5. The standard InChI is InChI=1S/C30H32N2O3/c1-4-20-10-7-11-24-26(18-31-30(20)24)25(22-12-13-27(34-2)28(16-22)35-3)17-29(33)32-15-14-21-8-5-6-9-23(21)19-32/h5-13,16,18,25,31H,4,14-15,17,19H2,1-3H3. The SMILES string of the molecule is CCc1cccc2c(C(CC(=O)N3CCc4ccccc4C3)c3ccc(OC)c(OC)c3)c[nH]c12. The van der Waals surface area contributed by atoms with Gasteiger partial charge in [0.15, 0.2) is 11.5 Å². The first kappa shape index (κ1) is 23.0. The zero-order valence-electron chi connectivity index (χ0n) is 20.6. The van der Waals surface area contributed by atoms with Gasteiger partial charge in [-0.3, -0.25) is 4.79 Å². The summed E-state index contributed by atoms with van der Waals surface area (Å²) < 4.78 is 11.1. The highest BCUT2D eigenvalue weighted by Gasteiger charge is 2.27. The van der Waals surface area contributed by atoms with E-state index in [9.17, 15) is 4.79 Å². The number of aromatic amines is 1. The monoisotopic (exact) mass is 468 g/mol. The number of hydrogen-bond donors (Lipinski definition) is 1. The minimum Gasteiger partial charge on any atom is -0.493 e. The number of para-hydroxylation sites is 1. The number of fused-ring (bicyclic) bond motifs is 2. The van der Waals surface area contributed by atoms with E-state index in [4.69, 9.17) is 9.47 Å². The van der Waals surface area contributed by atoms with E-state index < -0.39 is 0 Å². The number of aryl methyl sites for hydroxylation is 1. The van der Waals surface area contributed by atoms with E-state index in [2.05, 4.69) is 60.6 Å². The predicted octanol–water partition coefficient (Wildman–Crippen LogP) is 5.85. The van der Waals surface area contributed by atoms with Crippen molar-refractivity contribution in [2.24, 2.45) is 0 Å². The Labute approximate surface area is 206 Å². The average Bonchev–Trinajstić information content (AvgIpc) is 3.35. The molecule has 0 aliphatic carbocycles. The van der Waals surface area contributed by atoms with Crippen molar-refractivity contribution in [2.75, 3.05) is 20.8 Å². The van der Waals surface area contributed by atoms with Crippen LogP contribution in [0.25, 0.3) is 10.9 Å². The Hall–Kier alpha value is -3.73. The molecule has 0 saturated heterocycles. The van der Waals surface area contributed by atoms with Gasteiger partial charge in [0, 0.05) is 42.5 Å². The van der Waals surface area contributed by atoms with Crippen LogP contribution in [0.3, 0.4) is 0 Å². The molecule has 5 heteroatoms. The van der Waals surface area contributed by atoms with Gasteiger partial charge in [-0.2, -0.15) is 0 Å². The lowest BCUT2D eigenvalue weighted by Gasteiger charge is -2.30. The number of H-pyrrole nitrogens is 1. The van der Waals surface area contributed by atoms with Gasteiger partial charge in [0.05, 0.1) is 14.2 Å². The normalized spacial score (nSPS) is 14.0. The Morgan fingerprint density at radius 3 is 2.57 bits per heavy atom. The first-order valence-corrected chi connectivity index (χ1v) is 12.3. The molecule has 0 bridgehead atoms. The molecule has 1 N–H and O–H groups in total. The third-order valence-corrected chi connectivity index (χ3v) is 7.26. The van der Waals surface area contributed by atoms with E-state index in [-0.39, 0.29) is 11.8 Å². The number of nitrogens with zero attached hydrogens (tertiary/aromatic N) is 1. The molecule has 1 amide bonds. The molecule has 1 aromatic heterocycles. The van der Waals surface area contributed by atoms with Gasteiger partial charge in [-0.05, 0) is 52.8 Å². The first-order chi connectivity index (χ1) is 17.1. The van der Waals surface area contributed by atoms with E-state index in [0.29, 0.717) is 24.5 Å². The van der Waals surface area contributed by atoms with Gasteiger partial charge in [0.1, 0.15) is 0 Å². The fourth-order valence-corrected chi connectivity index (χ4v) is 5.31. The second-order valence-electron chi connectivity index (χ2n) is 9.14. The summed E-state index contributed by atoms with van der Waals surface area (Å²) >= 11 is 0. The Morgan fingerprint density at radius 1 is 1.00 bits per heavy atom. The van der Waals surface area contributed by atoms with Crippen LogP contribution in [0.1, 0.15) is 47.1 Å². The van der Waals surface area contributed by atoms with Crippen molar-refractivity contribution >= 4 is 16.8 Å². The van der Waals surface area contributed by atoms with Crippen molar-refractivity contribution in [1.29, 1.82) is 0 Å². The van der Waals surface area contributed by atoms with E-state index in [1.54, 1.807) is 14.2 Å². The number of ether oxygens (including phenoxy) is 2. The van der Waals surface area contributed by atoms with Crippen molar-refractivity contribution < 1.29 is 14.3 Å². The van der Waals surface area contributed by atoms with Crippen molar-refractivity contribution in [2.45, 2.75) is 38.6 Å². The molecule has 1 atom stereocenters. The second-order valence-corrected chi connectivity index (χ2v) is 9.14. The van der Waals surface area contributed by atoms with Gasteiger partial charge >= 0.3 is 0 Å². The van der Waals surface area contributed by atoms with Crippen molar-refractivity contribution in [3.8, 4) is 11.5 Å². The maximum absolute atomic E-state index is 13.7. The molecule has 5 nitrogen and oxygen atoms in total. The summed E-state index contributed by atoms with van der Waals surface area (Å²) in [5, 5.41) is 1.17. The second kappa shape index (κ2) is 9.87. The van der Waals surface area contributed by atoms with Crippen molar-refractivity contribution in [3.63, 3.8) is 0 Å². The maximum Gasteiger partial charge on any atom is 0.223 e. The maximum atomic E-state index is 13.7.